The summed E-state index contributed by atoms with van der Waals surface area (Å²) >= 11 is 0. The third kappa shape index (κ3) is 7.01. The molecule has 6 heteroatoms. The maximum absolute atomic E-state index is 5.37. The van der Waals surface area contributed by atoms with Crippen molar-refractivity contribution in [3.05, 3.63) is 53.5 Å². The van der Waals surface area contributed by atoms with E-state index < -0.39 is 0 Å². The fourth-order valence-corrected chi connectivity index (χ4v) is 6.99. The first-order chi connectivity index (χ1) is 20.6. The predicted molar refractivity (Wildman–Crippen MR) is 177 cm³/mol. The largest absolute Gasteiger partial charge is 0.371 e. The Kier molecular flexibility index (Phi) is 10.6. The monoisotopic (exact) mass is 568 g/mol. The van der Waals surface area contributed by atoms with Crippen LogP contribution in [0.4, 0.5) is 17.2 Å². The molecule has 0 aromatic carbocycles. The lowest BCUT2D eigenvalue weighted by atomic mass is 9.89. The zero-order valence-corrected chi connectivity index (χ0v) is 26.6. The molecule has 0 radical (unpaired) electrons. The average Bonchev–Trinajstić information content (AvgIpc) is 3.86. The van der Waals surface area contributed by atoms with Gasteiger partial charge in [0.15, 0.2) is 0 Å². The van der Waals surface area contributed by atoms with Crippen LogP contribution in [0.25, 0.3) is 0 Å². The molecule has 6 nitrogen and oxygen atoms in total. The normalized spacial score (nSPS) is 20.9. The smallest absolute Gasteiger partial charge is 0.135 e. The van der Waals surface area contributed by atoms with Crippen LogP contribution in [0.2, 0.25) is 0 Å². The van der Waals surface area contributed by atoms with Crippen molar-refractivity contribution < 1.29 is 0 Å². The van der Waals surface area contributed by atoms with E-state index >= 15 is 0 Å². The highest BCUT2D eigenvalue weighted by molar-refractivity contribution is 5.73. The second-order valence-electron chi connectivity index (χ2n) is 12.3. The highest BCUT2D eigenvalue weighted by atomic mass is 15.2. The van der Waals surface area contributed by atoms with E-state index in [9.17, 15) is 0 Å². The highest BCUT2D eigenvalue weighted by Crippen LogP contribution is 2.46. The molecule has 6 heterocycles. The quantitative estimate of drug-likeness (QED) is 0.405. The second-order valence-corrected chi connectivity index (χ2v) is 12.3. The molecule has 42 heavy (non-hydrogen) atoms. The topological polar surface area (TPSA) is 47.5 Å². The SMILES string of the molecule is C=CC#CC.CC.CN1CCC(N2CC(c3cc4c(c(C5CC5)n3)CCc3c(N5CCCCC5)ccnc3N4)C2)CC1. The Hall–Kier alpha value is -2.88. The first kappa shape index (κ1) is 30.6. The van der Waals surface area contributed by atoms with Gasteiger partial charge in [-0.15, -0.1) is 5.92 Å². The van der Waals surface area contributed by atoms with Crippen LogP contribution in [0.3, 0.4) is 0 Å². The molecule has 0 bridgehead atoms. The summed E-state index contributed by atoms with van der Waals surface area (Å²) in [6.45, 7) is 16.4. The van der Waals surface area contributed by atoms with Crippen LogP contribution in [0.5, 0.6) is 0 Å². The van der Waals surface area contributed by atoms with Crippen molar-refractivity contribution in [2.75, 3.05) is 56.5 Å². The maximum Gasteiger partial charge on any atom is 0.135 e. The molecule has 4 fully saturated rings. The first-order valence-corrected chi connectivity index (χ1v) is 16.6. The third-order valence-electron chi connectivity index (χ3n) is 9.52. The van der Waals surface area contributed by atoms with Crippen LogP contribution in [-0.2, 0) is 12.8 Å². The van der Waals surface area contributed by atoms with Crippen LogP contribution >= 0.6 is 0 Å². The molecule has 2 aromatic heterocycles. The molecule has 1 N–H and O–H groups in total. The molecule has 2 aromatic rings. The number of aromatic nitrogens is 2. The Morgan fingerprint density at radius 2 is 1.67 bits per heavy atom. The van der Waals surface area contributed by atoms with Gasteiger partial charge in [-0.3, -0.25) is 9.88 Å². The van der Waals surface area contributed by atoms with Gasteiger partial charge < -0.3 is 15.1 Å². The van der Waals surface area contributed by atoms with Gasteiger partial charge >= 0.3 is 0 Å². The molecule has 0 unspecified atom stereocenters. The number of rotatable bonds is 4. The van der Waals surface area contributed by atoms with Crippen LogP contribution in [-0.4, -0.2) is 72.1 Å². The summed E-state index contributed by atoms with van der Waals surface area (Å²) in [5.74, 6) is 7.60. The van der Waals surface area contributed by atoms with Gasteiger partial charge in [0.25, 0.3) is 0 Å². The van der Waals surface area contributed by atoms with E-state index in [1.807, 2.05) is 20.0 Å². The number of piperidine rings is 2. The molecule has 1 aliphatic carbocycles. The van der Waals surface area contributed by atoms with Crippen molar-refractivity contribution in [2.45, 2.75) is 96.4 Å². The number of hydrogen-bond acceptors (Lipinski definition) is 6. The number of nitrogens with one attached hydrogen (secondary N) is 1. The Labute approximate surface area is 255 Å². The van der Waals surface area contributed by atoms with E-state index in [4.69, 9.17) is 9.97 Å². The number of hydrogen-bond donors (Lipinski definition) is 1. The minimum atomic E-state index is 0.578. The van der Waals surface area contributed by atoms with Gasteiger partial charge in [-0.2, -0.15) is 0 Å². The lowest BCUT2D eigenvalue weighted by Gasteiger charge is -2.46. The molecule has 3 saturated heterocycles. The summed E-state index contributed by atoms with van der Waals surface area (Å²) in [6.07, 6.45) is 14.9. The molecule has 7 rings (SSSR count). The fourth-order valence-electron chi connectivity index (χ4n) is 6.99. The van der Waals surface area contributed by atoms with Gasteiger partial charge in [-0.1, -0.05) is 26.3 Å². The fraction of sp³-hybridized carbons (Fsp3) is 0.611. The second kappa shape index (κ2) is 14.5. The van der Waals surface area contributed by atoms with E-state index in [1.54, 1.807) is 13.0 Å². The molecule has 226 valence electrons. The number of anilines is 3. The van der Waals surface area contributed by atoms with Crippen LogP contribution in [0.1, 0.15) is 100 Å². The van der Waals surface area contributed by atoms with E-state index in [0.717, 1.165) is 24.7 Å². The van der Waals surface area contributed by atoms with Crippen molar-refractivity contribution in [1.82, 2.24) is 19.8 Å². The Balaban J connectivity index is 0.000000459. The zero-order chi connectivity index (χ0) is 29.5. The lowest BCUT2D eigenvalue weighted by Crippen LogP contribution is -2.54. The van der Waals surface area contributed by atoms with Gasteiger partial charge in [0.1, 0.15) is 5.82 Å². The number of fused-ring (bicyclic) bond motifs is 2. The van der Waals surface area contributed by atoms with Gasteiger partial charge in [-0.05, 0) is 109 Å². The standard InChI is InChI=1S/C29H40N6.C5H6.C2H6/c1-33-15-10-22(11-16-33)35-18-21(19-35)25-17-26-23(28(31-25)20-5-6-20)7-8-24-27(9-12-30-29(24)32-26)34-13-3-2-4-14-34;1-3-5-4-2;1-2/h9,12,17,20-22H,2-8,10-11,13-16,18-19H2,1H3,(H,30,32);3H,1H2,2H3;1-2H3. The van der Waals surface area contributed by atoms with Gasteiger partial charge in [0, 0.05) is 78.6 Å². The van der Waals surface area contributed by atoms with Crippen molar-refractivity contribution in [3.63, 3.8) is 0 Å². The summed E-state index contributed by atoms with van der Waals surface area (Å²) in [7, 11) is 2.25. The molecular formula is C36H52N6. The van der Waals surface area contributed by atoms with Crippen molar-refractivity contribution in [3.8, 4) is 11.8 Å². The maximum atomic E-state index is 5.37. The summed E-state index contributed by atoms with van der Waals surface area (Å²) in [5.41, 5.74) is 8.28. The van der Waals surface area contributed by atoms with Crippen molar-refractivity contribution >= 4 is 17.2 Å². The van der Waals surface area contributed by atoms with Gasteiger partial charge in [0.05, 0.1) is 0 Å². The van der Waals surface area contributed by atoms with Crippen LogP contribution in [0.15, 0.2) is 31.0 Å². The number of pyridine rings is 2. The molecular weight excluding hydrogens is 516 g/mol. The predicted octanol–water partition coefficient (Wildman–Crippen LogP) is 6.90. The van der Waals surface area contributed by atoms with Gasteiger partial charge in [0.2, 0.25) is 0 Å². The van der Waals surface area contributed by atoms with Crippen LogP contribution in [0, 0.1) is 11.8 Å². The molecule has 0 atom stereocenters. The van der Waals surface area contributed by atoms with Crippen LogP contribution < -0.4 is 10.2 Å². The molecule has 0 amide bonds. The molecule has 1 saturated carbocycles. The molecule has 4 aliphatic heterocycles. The lowest BCUT2D eigenvalue weighted by molar-refractivity contribution is 0.0512. The minimum Gasteiger partial charge on any atom is -0.371 e. The Morgan fingerprint density at radius 3 is 2.31 bits per heavy atom. The summed E-state index contributed by atoms with van der Waals surface area (Å²) < 4.78 is 0. The minimum absolute atomic E-state index is 0.578. The molecule has 5 aliphatic rings. The summed E-state index contributed by atoms with van der Waals surface area (Å²) in [5, 5.41) is 3.83. The van der Waals surface area contributed by atoms with E-state index in [2.05, 4.69) is 57.6 Å². The Bertz CT molecular complexity index is 1250. The highest BCUT2D eigenvalue weighted by Gasteiger charge is 2.37. The Morgan fingerprint density at radius 1 is 0.952 bits per heavy atom. The van der Waals surface area contributed by atoms with Gasteiger partial charge in [-0.25, -0.2) is 4.98 Å². The third-order valence-corrected chi connectivity index (χ3v) is 9.52. The average molecular weight is 569 g/mol. The van der Waals surface area contributed by atoms with E-state index in [1.165, 1.54) is 118 Å². The number of likely N-dealkylation sites (tertiary alicyclic amines) is 2. The van der Waals surface area contributed by atoms with Crippen molar-refractivity contribution in [2.24, 2.45) is 0 Å². The first-order valence-electron chi connectivity index (χ1n) is 16.6. The number of allylic oxidation sites excluding steroid dienone is 1. The number of nitrogens with zero attached hydrogens (tertiary/aromatic N) is 5. The zero-order valence-electron chi connectivity index (χ0n) is 26.6. The summed E-state index contributed by atoms with van der Waals surface area (Å²) in [4.78, 5) is 18.0. The van der Waals surface area contributed by atoms with Crippen molar-refractivity contribution in [1.29, 1.82) is 0 Å². The van der Waals surface area contributed by atoms with E-state index in [-0.39, 0.29) is 0 Å². The molecule has 0 spiro atoms. The summed E-state index contributed by atoms with van der Waals surface area (Å²) in [6, 6.07) is 5.41. The van der Waals surface area contributed by atoms with E-state index in [0.29, 0.717) is 11.8 Å².